The van der Waals surface area contributed by atoms with Crippen molar-refractivity contribution < 1.29 is 9.18 Å². The molecule has 0 aliphatic rings. The third kappa shape index (κ3) is 4.78. The first-order chi connectivity index (χ1) is 14.2. The molecule has 4 rings (SSSR count). The number of halogens is 1. The van der Waals surface area contributed by atoms with Gasteiger partial charge in [-0.2, -0.15) is 0 Å². The average molecular weight is 403 g/mol. The average Bonchev–Trinajstić information content (AvgIpc) is 2.74. The van der Waals surface area contributed by atoms with Gasteiger partial charge >= 0.3 is 0 Å². The Bertz CT molecular complexity index is 1150. The minimum absolute atomic E-state index is 0.114. The van der Waals surface area contributed by atoms with Crippen LogP contribution >= 0.6 is 11.8 Å². The fourth-order valence-corrected chi connectivity index (χ4v) is 3.71. The predicted molar refractivity (Wildman–Crippen MR) is 115 cm³/mol. The number of hydrogen-bond acceptors (Lipinski definition) is 4. The third-order valence-corrected chi connectivity index (χ3v) is 5.32. The summed E-state index contributed by atoms with van der Waals surface area (Å²) in [6, 6.07) is 23.8. The molecular formula is C23H18FN3OS. The van der Waals surface area contributed by atoms with E-state index in [0.717, 1.165) is 22.3 Å². The summed E-state index contributed by atoms with van der Waals surface area (Å²) in [5, 5.41) is 3.31. The lowest BCUT2D eigenvalue weighted by molar-refractivity contribution is -0.113. The van der Waals surface area contributed by atoms with E-state index in [0.29, 0.717) is 11.4 Å². The molecule has 3 aromatic carbocycles. The number of benzene rings is 3. The van der Waals surface area contributed by atoms with E-state index in [9.17, 15) is 9.18 Å². The van der Waals surface area contributed by atoms with E-state index in [4.69, 9.17) is 9.97 Å². The fraction of sp³-hybridized carbons (Fsp3) is 0.0870. The first-order valence-electron chi connectivity index (χ1n) is 9.16. The minimum atomic E-state index is -0.457. The lowest BCUT2D eigenvalue weighted by atomic mass is 10.1. The SMILES string of the molecule is O=C(CSc1nc2ccccc2nc1Cc1ccccc1)Nc1ccccc1F. The molecule has 0 atom stereocenters. The van der Waals surface area contributed by atoms with Gasteiger partial charge in [0.25, 0.3) is 0 Å². The number of nitrogens with one attached hydrogen (secondary N) is 1. The Morgan fingerprint density at radius 2 is 1.52 bits per heavy atom. The number of fused-ring (bicyclic) bond motifs is 1. The second kappa shape index (κ2) is 8.84. The number of amides is 1. The molecule has 144 valence electrons. The standard InChI is InChI=1S/C23H18FN3OS/c24-17-10-4-5-11-18(17)26-22(28)15-29-23-21(14-16-8-2-1-3-9-16)25-19-12-6-7-13-20(19)27-23/h1-13H,14-15H2,(H,26,28). The van der Waals surface area contributed by atoms with Crippen LogP contribution in [0.1, 0.15) is 11.3 Å². The summed E-state index contributed by atoms with van der Waals surface area (Å²) in [5.74, 6) is -0.634. The third-order valence-electron chi connectivity index (χ3n) is 4.31. The van der Waals surface area contributed by atoms with Crippen molar-refractivity contribution in [1.29, 1.82) is 0 Å². The number of nitrogens with zero attached hydrogens (tertiary/aromatic N) is 2. The summed E-state index contributed by atoms with van der Waals surface area (Å²) in [7, 11) is 0. The van der Waals surface area contributed by atoms with Gasteiger partial charge in [0.1, 0.15) is 10.8 Å². The Morgan fingerprint density at radius 1 is 0.862 bits per heavy atom. The summed E-state index contributed by atoms with van der Waals surface area (Å²) in [6.07, 6.45) is 0.621. The van der Waals surface area contributed by atoms with Crippen LogP contribution in [-0.2, 0) is 11.2 Å². The zero-order chi connectivity index (χ0) is 20.1. The van der Waals surface area contributed by atoms with Crippen LogP contribution in [0.25, 0.3) is 11.0 Å². The highest BCUT2D eigenvalue weighted by Gasteiger charge is 2.13. The predicted octanol–water partition coefficient (Wildman–Crippen LogP) is 5.09. The molecule has 1 heterocycles. The van der Waals surface area contributed by atoms with E-state index in [2.05, 4.69) is 5.32 Å². The van der Waals surface area contributed by atoms with Crippen LogP contribution in [0.3, 0.4) is 0 Å². The maximum Gasteiger partial charge on any atom is 0.234 e. The van der Waals surface area contributed by atoms with Gasteiger partial charge in [-0.05, 0) is 29.8 Å². The Balaban J connectivity index is 1.55. The van der Waals surface area contributed by atoms with Crippen LogP contribution in [0.5, 0.6) is 0 Å². The molecule has 0 unspecified atom stereocenters. The van der Waals surface area contributed by atoms with Crippen molar-refractivity contribution in [2.24, 2.45) is 0 Å². The number of para-hydroxylation sites is 3. The van der Waals surface area contributed by atoms with Gasteiger partial charge in [0, 0.05) is 6.42 Å². The van der Waals surface area contributed by atoms with Crippen molar-refractivity contribution in [1.82, 2.24) is 9.97 Å². The second-order valence-electron chi connectivity index (χ2n) is 6.44. The van der Waals surface area contributed by atoms with Crippen LogP contribution < -0.4 is 5.32 Å². The molecule has 0 saturated carbocycles. The van der Waals surface area contributed by atoms with Crippen LogP contribution in [0, 0.1) is 5.82 Å². The molecule has 1 N–H and O–H groups in total. The van der Waals surface area contributed by atoms with Crippen molar-refractivity contribution in [3.05, 3.63) is 95.9 Å². The summed E-state index contributed by atoms with van der Waals surface area (Å²) in [4.78, 5) is 21.8. The van der Waals surface area contributed by atoms with Crippen molar-refractivity contribution in [2.75, 3.05) is 11.1 Å². The van der Waals surface area contributed by atoms with Gasteiger partial charge in [0.05, 0.1) is 28.2 Å². The number of aromatic nitrogens is 2. The van der Waals surface area contributed by atoms with Crippen LogP contribution in [-0.4, -0.2) is 21.6 Å². The molecule has 0 bridgehead atoms. The van der Waals surface area contributed by atoms with Gasteiger partial charge < -0.3 is 5.32 Å². The summed E-state index contributed by atoms with van der Waals surface area (Å²) in [5.41, 5.74) is 3.71. The minimum Gasteiger partial charge on any atom is -0.323 e. The topological polar surface area (TPSA) is 54.9 Å². The normalized spacial score (nSPS) is 10.8. The molecule has 0 fully saturated rings. The first-order valence-corrected chi connectivity index (χ1v) is 10.1. The second-order valence-corrected chi connectivity index (χ2v) is 7.41. The zero-order valence-electron chi connectivity index (χ0n) is 15.5. The number of hydrogen-bond donors (Lipinski definition) is 1. The van der Waals surface area contributed by atoms with E-state index in [1.165, 1.54) is 23.9 Å². The number of thioether (sulfide) groups is 1. The summed E-state index contributed by atoms with van der Waals surface area (Å²) < 4.78 is 13.8. The highest BCUT2D eigenvalue weighted by molar-refractivity contribution is 8.00. The Labute approximate surface area is 172 Å². The summed E-state index contributed by atoms with van der Waals surface area (Å²) >= 11 is 1.31. The number of anilines is 1. The van der Waals surface area contributed by atoms with E-state index in [1.54, 1.807) is 12.1 Å². The molecule has 0 spiro atoms. The summed E-state index contributed by atoms with van der Waals surface area (Å²) in [6.45, 7) is 0. The van der Waals surface area contributed by atoms with E-state index >= 15 is 0 Å². The molecule has 29 heavy (non-hydrogen) atoms. The van der Waals surface area contributed by atoms with Crippen molar-refractivity contribution >= 4 is 34.4 Å². The molecule has 0 aliphatic heterocycles. The monoisotopic (exact) mass is 403 g/mol. The number of carbonyl (C=O) groups excluding carboxylic acids is 1. The van der Waals surface area contributed by atoms with Crippen LogP contribution in [0.15, 0.2) is 83.9 Å². The lowest BCUT2D eigenvalue weighted by Gasteiger charge is -2.10. The molecule has 1 amide bonds. The Kier molecular flexibility index (Phi) is 5.81. The first kappa shape index (κ1) is 19.1. The maximum absolute atomic E-state index is 13.8. The van der Waals surface area contributed by atoms with Crippen LogP contribution in [0.2, 0.25) is 0 Å². The molecule has 4 aromatic rings. The Morgan fingerprint density at radius 3 is 2.28 bits per heavy atom. The van der Waals surface area contributed by atoms with Gasteiger partial charge in [-0.1, -0.05) is 66.4 Å². The van der Waals surface area contributed by atoms with E-state index < -0.39 is 5.82 Å². The molecule has 0 aliphatic carbocycles. The highest BCUT2D eigenvalue weighted by Crippen LogP contribution is 2.25. The quantitative estimate of drug-likeness (QED) is 0.456. The largest absolute Gasteiger partial charge is 0.323 e. The lowest BCUT2D eigenvalue weighted by Crippen LogP contribution is -2.15. The molecule has 4 nitrogen and oxygen atoms in total. The highest BCUT2D eigenvalue weighted by atomic mass is 32.2. The Hall–Kier alpha value is -3.25. The van der Waals surface area contributed by atoms with Gasteiger partial charge in [-0.3, -0.25) is 4.79 Å². The molecule has 0 saturated heterocycles. The maximum atomic E-state index is 13.8. The molecule has 6 heteroatoms. The zero-order valence-corrected chi connectivity index (χ0v) is 16.3. The number of carbonyl (C=O) groups is 1. The van der Waals surface area contributed by atoms with Crippen molar-refractivity contribution in [3.63, 3.8) is 0 Å². The number of rotatable bonds is 6. The molecule has 1 aromatic heterocycles. The van der Waals surface area contributed by atoms with Crippen LogP contribution in [0.4, 0.5) is 10.1 Å². The van der Waals surface area contributed by atoms with Gasteiger partial charge in [0.2, 0.25) is 5.91 Å². The van der Waals surface area contributed by atoms with Gasteiger partial charge in [-0.15, -0.1) is 0 Å². The van der Waals surface area contributed by atoms with Crippen molar-refractivity contribution in [3.8, 4) is 0 Å². The van der Waals surface area contributed by atoms with Gasteiger partial charge in [-0.25, -0.2) is 14.4 Å². The fourth-order valence-electron chi connectivity index (χ4n) is 2.92. The van der Waals surface area contributed by atoms with E-state index in [-0.39, 0.29) is 17.3 Å². The van der Waals surface area contributed by atoms with Crippen molar-refractivity contribution in [2.45, 2.75) is 11.4 Å². The molecule has 0 radical (unpaired) electrons. The van der Waals surface area contributed by atoms with E-state index in [1.807, 2.05) is 54.6 Å². The smallest absolute Gasteiger partial charge is 0.234 e. The molecular weight excluding hydrogens is 385 g/mol. The van der Waals surface area contributed by atoms with Gasteiger partial charge in [0.15, 0.2) is 0 Å².